The fourth-order valence-electron chi connectivity index (χ4n) is 2.42. The van der Waals surface area contributed by atoms with Crippen molar-refractivity contribution in [2.24, 2.45) is 12.2 Å². The lowest BCUT2D eigenvalue weighted by molar-refractivity contribution is -0.888. The van der Waals surface area contributed by atoms with Crippen LogP contribution in [-0.4, -0.2) is 24.2 Å². The largest absolute Gasteiger partial charge is 0.332 e. The van der Waals surface area contributed by atoms with E-state index in [9.17, 15) is 4.91 Å². The van der Waals surface area contributed by atoms with Crippen molar-refractivity contribution < 1.29 is 9.47 Å². The van der Waals surface area contributed by atoms with Crippen LogP contribution in [0.1, 0.15) is 18.7 Å². The molecule has 1 aromatic heterocycles. The molecule has 0 saturated carbocycles. The van der Waals surface area contributed by atoms with Gasteiger partial charge < -0.3 is 4.90 Å². The SMILES string of the molecule is C[n+]1ccn(CC[NH+]2CCCC2)c1CN=O. The topological polar surface area (TPSA) is 42.7 Å². The van der Waals surface area contributed by atoms with Crippen molar-refractivity contribution in [3.8, 4) is 0 Å². The highest BCUT2D eigenvalue weighted by atomic mass is 16.3. The molecule has 1 aliphatic heterocycles. The van der Waals surface area contributed by atoms with Gasteiger partial charge in [-0.3, -0.25) is 0 Å². The molecule has 1 saturated heterocycles. The lowest BCUT2D eigenvalue weighted by Gasteiger charge is -2.10. The van der Waals surface area contributed by atoms with Crippen LogP contribution in [0.25, 0.3) is 0 Å². The Kier molecular flexibility index (Phi) is 3.66. The summed E-state index contributed by atoms with van der Waals surface area (Å²) in [7, 11) is 1.96. The number of imidazole rings is 1. The summed E-state index contributed by atoms with van der Waals surface area (Å²) in [5.74, 6) is 0.994. The highest BCUT2D eigenvalue weighted by Gasteiger charge is 2.19. The van der Waals surface area contributed by atoms with Crippen molar-refractivity contribution in [1.82, 2.24) is 4.57 Å². The second-order valence-electron chi connectivity index (χ2n) is 4.51. The minimum atomic E-state index is 0.263. The van der Waals surface area contributed by atoms with Gasteiger partial charge >= 0.3 is 0 Å². The van der Waals surface area contributed by atoms with Gasteiger partial charge in [-0.1, -0.05) is 5.18 Å². The number of likely N-dealkylation sites (tertiary alicyclic amines) is 1. The second-order valence-corrected chi connectivity index (χ2v) is 4.51. The van der Waals surface area contributed by atoms with Crippen LogP contribution in [0.2, 0.25) is 0 Å². The van der Waals surface area contributed by atoms with Gasteiger partial charge in [0.25, 0.3) is 5.82 Å². The molecule has 16 heavy (non-hydrogen) atoms. The zero-order valence-electron chi connectivity index (χ0n) is 9.85. The monoisotopic (exact) mass is 224 g/mol. The summed E-state index contributed by atoms with van der Waals surface area (Å²) in [4.78, 5) is 12.0. The normalized spacial score (nSPS) is 16.8. The summed E-state index contributed by atoms with van der Waals surface area (Å²) >= 11 is 0. The molecule has 2 heterocycles. The summed E-state index contributed by atoms with van der Waals surface area (Å²) in [5.41, 5.74) is 0. The van der Waals surface area contributed by atoms with Gasteiger partial charge in [0, 0.05) is 12.8 Å². The Morgan fingerprint density at radius 3 is 2.94 bits per heavy atom. The van der Waals surface area contributed by atoms with Crippen molar-refractivity contribution in [3.05, 3.63) is 23.1 Å². The molecule has 5 heteroatoms. The highest BCUT2D eigenvalue weighted by molar-refractivity contribution is 4.83. The molecular formula is C11H20N4O+2. The molecule has 88 valence electrons. The average Bonchev–Trinajstić information content (AvgIpc) is 2.89. The van der Waals surface area contributed by atoms with E-state index in [1.165, 1.54) is 25.9 Å². The lowest BCUT2D eigenvalue weighted by Crippen LogP contribution is -3.10. The van der Waals surface area contributed by atoms with Crippen LogP contribution < -0.4 is 9.47 Å². The van der Waals surface area contributed by atoms with Crippen LogP contribution in [0.3, 0.4) is 0 Å². The van der Waals surface area contributed by atoms with E-state index in [0.717, 1.165) is 18.9 Å². The van der Waals surface area contributed by atoms with Gasteiger partial charge in [-0.2, -0.15) is 4.91 Å². The highest BCUT2D eigenvalue weighted by Crippen LogP contribution is 1.96. The summed E-state index contributed by atoms with van der Waals surface area (Å²) < 4.78 is 4.12. The number of quaternary nitrogens is 1. The number of hydrogen-bond donors (Lipinski definition) is 1. The second kappa shape index (κ2) is 5.21. The lowest BCUT2D eigenvalue weighted by atomic mass is 10.4. The van der Waals surface area contributed by atoms with Gasteiger partial charge in [-0.25, -0.2) is 9.13 Å². The molecule has 0 spiro atoms. The molecule has 1 N–H and O–H groups in total. The predicted octanol–water partition coefficient (Wildman–Crippen LogP) is -0.742. The van der Waals surface area contributed by atoms with E-state index < -0.39 is 0 Å². The van der Waals surface area contributed by atoms with Crippen molar-refractivity contribution >= 4 is 0 Å². The predicted molar refractivity (Wildman–Crippen MR) is 59.9 cm³/mol. The van der Waals surface area contributed by atoms with Crippen molar-refractivity contribution in [2.45, 2.75) is 25.9 Å². The minimum Gasteiger partial charge on any atom is -0.332 e. The van der Waals surface area contributed by atoms with Gasteiger partial charge in [0.05, 0.1) is 20.1 Å². The first-order valence-corrected chi connectivity index (χ1v) is 5.97. The molecule has 0 unspecified atom stereocenters. The quantitative estimate of drug-likeness (QED) is 0.519. The number of hydrogen-bond acceptors (Lipinski definition) is 2. The first-order chi connectivity index (χ1) is 7.81. The maximum absolute atomic E-state index is 10.4. The minimum absolute atomic E-state index is 0.263. The van der Waals surface area contributed by atoms with E-state index in [0.29, 0.717) is 0 Å². The Hall–Kier alpha value is -1.23. The van der Waals surface area contributed by atoms with E-state index in [-0.39, 0.29) is 6.54 Å². The van der Waals surface area contributed by atoms with Crippen LogP contribution in [0, 0.1) is 4.91 Å². The molecule has 1 aromatic rings. The number of rotatable bonds is 5. The van der Waals surface area contributed by atoms with Gasteiger partial charge in [0.1, 0.15) is 25.5 Å². The molecular weight excluding hydrogens is 204 g/mol. The standard InChI is InChI=1S/C11H19N4O/c1-13-6-8-15(11(13)10-12-16)9-7-14-4-2-3-5-14/h6,8H,2-5,7,9-10H2,1H3/q+1/p+1. The van der Waals surface area contributed by atoms with E-state index >= 15 is 0 Å². The number of nitrogens with zero attached hydrogens (tertiary/aromatic N) is 3. The van der Waals surface area contributed by atoms with Gasteiger partial charge in [-0.15, -0.1) is 0 Å². The van der Waals surface area contributed by atoms with E-state index in [1.807, 2.05) is 24.0 Å². The van der Waals surface area contributed by atoms with Crippen molar-refractivity contribution in [3.63, 3.8) is 0 Å². The fraction of sp³-hybridized carbons (Fsp3) is 0.727. The number of aromatic nitrogens is 2. The Morgan fingerprint density at radius 2 is 2.25 bits per heavy atom. The smallest absolute Gasteiger partial charge is 0.282 e. The summed E-state index contributed by atoms with van der Waals surface area (Å²) in [6.07, 6.45) is 6.74. The molecule has 1 aliphatic rings. The summed E-state index contributed by atoms with van der Waals surface area (Å²) in [5, 5.41) is 2.98. The first-order valence-electron chi connectivity index (χ1n) is 5.97. The maximum atomic E-state index is 10.4. The first kappa shape index (κ1) is 11.3. The Bertz CT molecular complexity index is 355. The fourth-order valence-corrected chi connectivity index (χ4v) is 2.42. The van der Waals surface area contributed by atoms with Crippen LogP contribution >= 0.6 is 0 Å². The van der Waals surface area contributed by atoms with Crippen LogP contribution in [-0.2, 0) is 20.1 Å². The number of nitroso groups, excluding NO2 is 1. The van der Waals surface area contributed by atoms with Gasteiger partial charge in [0.2, 0.25) is 0 Å². The number of nitrogens with one attached hydrogen (secondary N) is 1. The maximum Gasteiger partial charge on any atom is 0.282 e. The molecule has 2 rings (SSSR count). The summed E-state index contributed by atoms with van der Waals surface area (Å²) in [6.45, 7) is 5.00. The average molecular weight is 224 g/mol. The molecule has 0 aliphatic carbocycles. The molecule has 0 aromatic carbocycles. The zero-order chi connectivity index (χ0) is 11.4. The van der Waals surface area contributed by atoms with Gasteiger partial charge in [-0.05, 0) is 0 Å². The van der Waals surface area contributed by atoms with Crippen molar-refractivity contribution in [2.75, 3.05) is 19.6 Å². The van der Waals surface area contributed by atoms with E-state index in [1.54, 1.807) is 4.90 Å². The third-order valence-corrected chi connectivity index (χ3v) is 3.43. The van der Waals surface area contributed by atoms with E-state index in [4.69, 9.17) is 0 Å². The Morgan fingerprint density at radius 1 is 1.50 bits per heavy atom. The van der Waals surface area contributed by atoms with Crippen LogP contribution in [0.4, 0.5) is 0 Å². The molecule has 0 bridgehead atoms. The molecule has 1 fully saturated rings. The zero-order valence-corrected chi connectivity index (χ0v) is 9.85. The van der Waals surface area contributed by atoms with Crippen LogP contribution in [0.5, 0.6) is 0 Å². The Labute approximate surface area is 95.6 Å². The van der Waals surface area contributed by atoms with Gasteiger partial charge in [0.15, 0.2) is 6.54 Å². The third kappa shape index (κ3) is 2.47. The molecule has 0 radical (unpaired) electrons. The molecule has 5 nitrogen and oxygen atoms in total. The summed E-state index contributed by atoms with van der Waals surface area (Å²) in [6, 6.07) is 0. The van der Waals surface area contributed by atoms with E-state index in [2.05, 4.69) is 9.74 Å². The van der Waals surface area contributed by atoms with Crippen LogP contribution in [0.15, 0.2) is 17.6 Å². The molecule has 0 amide bonds. The van der Waals surface area contributed by atoms with Crippen molar-refractivity contribution in [1.29, 1.82) is 0 Å². The Balaban J connectivity index is 1.94. The number of aryl methyl sites for hydroxylation is 1. The third-order valence-electron chi connectivity index (χ3n) is 3.43. The molecule has 0 atom stereocenters.